The summed E-state index contributed by atoms with van der Waals surface area (Å²) in [6.45, 7) is 0. The first-order chi connectivity index (χ1) is 2.00. The van der Waals surface area contributed by atoms with Gasteiger partial charge in [-0.25, -0.2) is 0 Å². The normalized spacial score (nSPS) is 6.44. The van der Waals surface area contributed by atoms with E-state index in [9.17, 15) is 0 Å². The Morgan fingerprint density at radius 2 is 0.889 bits per heavy atom. The number of rotatable bonds is 0. The second-order valence-corrected chi connectivity index (χ2v) is 1.22. The molecule has 0 aliphatic rings. The SMILES string of the molecule is O=S(=O)([O-])[O-].[Cl-].[Cu+].[Cu+].[Cu+]. The molecule has 0 heterocycles. The molecule has 4 nitrogen and oxygen atoms in total. The van der Waals surface area contributed by atoms with Gasteiger partial charge < -0.3 is 21.5 Å². The van der Waals surface area contributed by atoms with Gasteiger partial charge in [-0.2, -0.15) is 0 Å². The molecular weight excluding hydrogens is 322 g/mol. The first-order valence-corrected chi connectivity index (χ1v) is 2.00. The van der Waals surface area contributed by atoms with Crippen molar-refractivity contribution < 1.29 is 81.1 Å². The molecule has 0 aliphatic heterocycles. The zero-order chi connectivity index (χ0) is 4.50. The van der Waals surface area contributed by atoms with Crippen LogP contribution in [0.15, 0.2) is 0 Å². The summed E-state index contributed by atoms with van der Waals surface area (Å²) in [6.07, 6.45) is 0. The summed E-state index contributed by atoms with van der Waals surface area (Å²) >= 11 is 0. The summed E-state index contributed by atoms with van der Waals surface area (Å²) in [7, 11) is -5.17. The van der Waals surface area contributed by atoms with Gasteiger partial charge in [-0.1, -0.05) is 0 Å². The molecule has 0 saturated carbocycles. The van der Waals surface area contributed by atoms with Crippen LogP contribution in [0.2, 0.25) is 0 Å². The van der Waals surface area contributed by atoms with Crippen molar-refractivity contribution >= 4 is 10.4 Å². The Morgan fingerprint density at radius 1 is 0.889 bits per heavy atom. The van der Waals surface area contributed by atoms with Crippen LogP contribution in [-0.4, -0.2) is 17.5 Å². The smallest absolute Gasteiger partial charge is 1.00 e. The number of hydrogen-bond acceptors (Lipinski definition) is 4. The summed E-state index contributed by atoms with van der Waals surface area (Å²) in [5, 5.41) is 0. The topological polar surface area (TPSA) is 80.3 Å². The Hall–Kier alpha value is 1.72. The van der Waals surface area contributed by atoms with Gasteiger partial charge >= 0.3 is 51.2 Å². The first kappa shape index (κ1) is 31.0. The molecule has 0 amide bonds. The molecule has 0 aliphatic carbocycles. The second kappa shape index (κ2) is 12.4. The van der Waals surface area contributed by atoms with Gasteiger partial charge in [-0.15, -0.1) is 0 Å². The minimum atomic E-state index is -5.17. The molecule has 70 valence electrons. The quantitative estimate of drug-likeness (QED) is 0.257. The monoisotopic (exact) mass is 320 g/mol. The predicted octanol–water partition coefficient (Wildman–Crippen LogP) is -4.34. The Balaban J connectivity index is -0.0000000133. The van der Waals surface area contributed by atoms with Crippen LogP contribution in [0.5, 0.6) is 0 Å². The number of hydrogen-bond donors (Lipinski definition) is 0. The molecule has 0 aromatic rings. The average molecular weight is 322 g/mol. The Labute approximate surface area is 90.9 Å². The van der Waals surface area contributed by atoms with Gasteiger partial charge in [0, 0.05) is 10.4 Å². The molecule has 0 aromatic carbocycles. The van der Waals surface area contributed by atoms with Gasteiger partial charge in [0.15, 0.2) is 0 Å². The van der Waals surface area contributed by atoms with Crippen LogP contribution in [0.4, 0.5) is 0 Å². The van der Waals surface area contributed by atoms with E-state index in [1.54, 1.807) is 0 Å². The molecule has 0 N–H and O–H groups in total. The van der Waals surface area contributed by atoms with E-state index in [1.807, 2.05) is 0 Å². The molecule has 0 atom stereocenters. The fourth-order valence-corrected chi connectivity index (χ4v) is 0. The minimum Gasteiger partial charge on any atom is -1.00 e. The van der Waals surface area contributed by atoms with E-state index in [4.69, 9.17) is 17.5 Å². The second-order valence-electron chi connectivity index (χ2n) is 0.408. The van der Waals surface area contributed by atoms with E-state index in [-0.39, 0.29) is 63.6 Å². The van der Waals surface area contributed by atoms with Crippen molar-refractivity contribution in [1.82, 2.24) is 0 Å². The molecular formula is ClCu3O4S. The van der Waals surface area contributed by atoms with Gasteiger partial charge in [0.25, 0.3) is 0 Å². The summed E-state index contributed by atoms with van der Waals surface area (Å²) in [5.41, 5.74) is 0. The maximum atomic E-state index is 8.52. The van der Waals surface area contributed by atoms with Gasteiger partial charge in [0.1, 0.15) is 0 Å². The van der Waals surface area contributed by atoms with Crippen molar-refractivity contribution in [2.45, 2.75) is 0 Å². The van der Waals surface area contributed by atoms with Gasteiger partial charge in [0.2, 0.25) is 0 Å². The van der Waals surface area contributed by atoms with Gasteiger partial charge in [-0.05, 0) is 0 Å². The largest absolute Gasteiger partial charge is 1.00 e. The molecule has 0 spiro atoms. The fourth-order valence-electron chi connectivity index (χ4n) is 0. The van der Waals surface area contributed by atoms with Crippen LogP contribution in [-0.2, 0) is 61.6 Å². The molecule has 0 radical (unpaired) electrons. The van der Waals surface area contributed by atoms with E-state index >= 15 is 0 Å². The van der Waals surface area contributed by atoms with E-state index in [1.165, 1.54) is 0 Å². The van der Waals surface area contributed by atoms with Crippen molar-refractivity contribution in [2.75, 3.05) is 0 Å². The number of halogens is 1. The Kier molecular flexibility index (Phi) is 42.7. The molecule has 9 heavy (non-hydrogen) atoms. The minimum absolute atomic E-state index is 0. The molecule has 0 aromatic heterocycles. The Morgan fingerprint density at radius 3 is 0.889 bits per heavy atom. The molecule has 0 bridgehead atoms. The molecule has 9 heteroatoms. The Bertz CT molecular complexity index is 99.0. The van der Waals surface area contributed by atoms with Crippen molar-refractivity contribution in [1.29, 1.82) is 0 Å². The first-order valence-electron chi connectivity index (χ1n) is 0.667. The third-order valence-electron chi connectivity index (χ3n) is 0. The van der Waals surface area contributed by atoms with E-state index in [2.05, 4.69) is 0 Å². The van der Waals surface area contributed by atoms with Crippen molar-refractivity contribution in [3.05, 3.63) is 0 Å². The van der Waals surface area contributed by atoms with Gasteiger partial charge in [0.05, 0.1) is 0 Å². The van der Waals surface area contributed by atoms with Crippen LogP contribution in [0.1, 0.15) is 0 Å². The van der Waals surface area contributed by atoms with Crippen LogP contribution >= 0.6 is 0 Å². The molecule has 0 unspecified atom stereocenters. The van der Waals surface area contributed by atoms with Crippen molar-refractivity contribution in [3.63, 3.8) is 0 Å². The van der Waals surface area contributed by atoms with Crippen molar-refractivity contribution in [3.8, 4) is 0 Å². The third kappa shape index (κ3) is 196. The maximum absolute atomic E-state index is 8.52. The zero-order valence-electron chi connectivity index (χ0n) is 3.32. The molecule has 0 fully saturated rings. The van der Waals surface area contributed by atoms with Crippen molar-refractivity contribution in [2.24, 2.45) is 0 Å². The molecule has 0 rings (SSSR count). The summed E-state index contributed by atoms with van der Waals surface area (Å²) in [6, 6.07) is 0. The fraction of sp³-hybridized carbons (Fsp3) is 0. The van der Waals surface area contributed by atoms with Crippen LogP contribution in [0, 0.1) is 0 Å². The maximum Gasteiger partial charge on any atom is 1.00 e. The summed E-state index contributed by atoms with van der Waals surface area (Å²) < 4.78 is 34.1. The van der Waals surface area contributed by atoms with E-state index in [0.717, 1.165) is 0 Å². The summed E-state index contributed by atoms with van der Waals surface area (Å²) in [5.74, 6) is 0. The van der Waals surface area contributed by atoms with Crippen LogP contribution in [0.3, 0.4) is 0 Å². The average Bonchev–Trinajstić information content (AvgIpc) is 0.722. The zero-order valence-corrected chi connectivity index (χ0v) is 7.72. The van der Waals surface area contributed by atoms with Crippen LogP contribution < -0.4 is 12.4 Å². The van der Waals surface area contributed by atoms with E-state index in [0.29, 0.717) is 0 Å². The third-order valence-corrected chi connectivity index (χ3v) is 0. The standard InChI is InChI=1S/ClH.3Cu.H2O4S/c;;;;1-5(2,3)4/h1H;;;;(H2,1,2,3,4)/q;3*+1;/p-3. The molecule has 0 saturated heterocycles. The summed E-state index contributed by atoms with van der Waals surface area (Å²) in [4.78, 5) is 0. The van der Waals surface area contributed by atoms with E-state index < -0.39 is 10.4 Å². The predicted molar refractivity (Wildman–Crippen MR) is 10.5 cm³/mol. The van der Waals surface area contributed by atoms with Crippen LogP contribution in [0.25, 0.3) is 0 Å². The van der Waals surface area contributed by atoms with Gasteiger partial charge in [-0.3, -0.25) is 8.42 Å².